The molecule has 2 heteroatoms. The van der Waals surface area contributed by atoms with E-state index in [0.29, 0.717) is 11.9 Å². The summed E-state index contributed by atoms with van der Waals surface area (Å²) in [5.74, 6) is 1.45. The lowest BCUT2D eigenvalue weighted by Crippen LogP contribution is -2.51. The van der Waals surface area contributed by atoms with Crippen LogP contribution in [0.5, 0.6) is 0 Å². The van der Waals surface area contributed by atoms with Gasteiger partial charge in [-0.2, -0.15) is 0 Å². The van der Waals surface area contributed by atoms with Crippen LogP contribution in [0.4, 0.5) is 0 Å². The van der Waals surface area contributed by atoms with Crippen LogP contribution in [0.2, 0.25) is 0 Å². The number of hydrogen-bond acceptors (Lipinski definition) is 1. The fourth-order valence-corrected chi connectivity index (χ4v) is 3.36. The van der Waals surface area contributed by atoms with E-state index in [9.17, 15) is 4.79 Å². The summed E-state index contributed by atoms with van der Waals surface area (Å²) in [4.78, 5) is 14.5. The Kier molecular flexibility index (Phi) is 3.88. The zero-order valence-electron chi connectivity index (χ0n) is 10.7. The third kappa shape index (κ3) is 2.26. The number of fused-ring (bicyclic) bond motifs is 1. The maximum Gasteiger partial charge on any atom is 0.225 e. The summed E-state index contributed by atoms with van der Waals surface area (Å²) in [7, 11) is 0. The van der Waals surface area contributed by atoms with E-state index in [1.54, 1.807) is 0 Å². The Hall–Kier alpha value is -0.530. The molecule has 0 radical (unpaired) electrons. The van der Waals surface area contributed by atoms with Crippen molar-refractivity contribution in [3.8, 4) is 0 Å². The second kappa shape index (κ2) is 5.20. The van der Waals surface area contributed by atoms with E-state index in [1.807, 2.05) is 0 Å². The van der Waals surface area contributed by atoms with E-state index in [2.05, 4.69) is 18.7 Å². The molecule has 0 bridgehead atoms. The standard InChI is InChI=1S/C14H25NO/c1-3-11(2)14(16)15-10-6-8-12-7-4-5-9-13(12)15/h11-13H,3-10H2,1-2H3. The van der Waals surface area contributed by atoms with E-state index in [4.69, 9.17) is 0 Å². The Morgan fingerprint density at radius 3 is 2.69 bits per heavy atom. The number of likely N-dealkylation sites (tertiary alicyclic amines) is 1. The lowest BCUT2D eigenvalue weighted by molar-refractivity contribution is -0.141. The van der Waals surface area contributed by atoms with Crippen molar-refractivity contribution in [1.29, 1.82) is 0 Å². The fourth-order valence-electron chi connectivity index (χ4n) is 3.36. The van der Waals surface area contributed by atoms with Gasteiger partial charge in [0.1, 0.15) is 0 Å². The highest BCUT2D eigenvalue weighted by Crippen LogP contribution is 2.35. The van der Waals surface area contributed by atoms with Crippen LogP contribution in [0.3, 0.4) is 0 Å². The molecule has 92 valence electrons. The second-order valence-corrected chi connectivity index (χ2v) is 5.60. The molecule has 1 saturated carbocycles. The van der Waals surface area contributed by atoms with E-state index in [-0.39, 0.29) is 5.92 Å². The first-order valence-electron chi connectivity index (χ1n) is 7.04. The van der Waals surface area contributed by atoms with Gasteiger partial charge in [0.15, 0.2) is 0 Å². The zero-order chi connectivity index (χ0) is 11.5. The number of piperidine rings is 1. The van der Waals surface area contributed by atoms with E-state index < -0.39 is 0 Å². The second-order valence-electron chi connectivity index (χ2n) is 5.60. The van der Waals surface area contributed by atoms with Gasteiger partial charge < -0.3 is 4.90 Å². The van der Waals surface area contributed by atoms with Gasteiger partial charge in [-0.1, -0.05) is 26.7 Å². The van der Waals surface area contributed by atoms with E-state index in [0.717, 1.165) is 18.9 Å². The number of hydrogen-bond donors (Lipinski definition) is 0. The van der Waals surface area contributed by atoms with Gasteiger partial charge in [0.25, 0.3) is 0 Å². The first-order chi connectivity index (χ1) is 7.74. The molecule has 0 N–H and O–H groups in total. The molecule has 1 aliphatic heterocycles. The highest BCUT2D eigenvalue weighted by molar-refractivity contribution is 5.78. The minimum Gasteiger partial charge on any atom is -0.339 e. The molecule has 2 nitrogen and oxygen atoms in total. The number of carbonyl (C=O) groups excluding carboxylic acids is 1. The molecule has 1 heterocycles. The summed E-state index contributed by atoms with van der Waals surface area (Å²) in [5, 5.41) is 0. The molecule has 16 heavy (non-hydrogen) atoms. The van der Waals surface area contributed by atoms with Gasteiger partial charge in [0, 0.05) is 18.5 Å². The first-order valence-corrected chi connectivity index (χ1v) is 7.04. The average molecular weight is 223 g/mol. The Labute approximate surface area is 99.4 Å². The Morgan fingerprint density at radius 2 is 1.94 bits per heavy atom. The van der Waals surface area contributed by atoms with Crippen LogP contribution in [0.25, 0.3) is 0 Å². The first kappa shape index (κ1) is 11.9. The normalized spacial score (nSPS) is 32.0. The highest BCUT2D eigenvalue weighted by Gasteiger charge is 2.36. The van der Waals surface area contributed by atoms with Crippen molar-refractivity contribution >= 4 is 5.91 Å². The highest BCUT2D eigenvalue weighted by atomic mass is 16.2. The molecule has 3 atom stereocenters. The van der Waals surface area contributed by atoms with Crippen molar-refractivity contribution in [2.24, 2.45) is 11.8 Å². The molecule has 2 rings (SSSR count). The third-order valence-corrected chi connectivity index (χ3v) is 4.56. The summed E-state index contributed by atoms with van der Waals surface area (Å²) in [5.41, 5.74) is 0. The minimum absolute atomic E-state index is 0.223. The predicted octanol–water partition coefficient (Wildman–Crippen LogP) is 3.21. The average Bonchev–Trinajstić information content (AvgIpc) is 2.36. The molecule has 2 fully saturated rings. The van der Waals surface area contributed by atoms with Gasteiger partial charge in [-0.25, -0.2) is 0 Å². The van der Waals surface area contributed by atoms with Crippen LogP contribution in [0.1, 0.15) is 58.8 Å². The molecule has 1 amide bonds. The number of amides is 1. The van der Waals surface area contributed by atoms with Crippen LogP contribution >= 0.6 is 0 Å². The van der Waals surface area contributed by atoms with Crippen molar-refractivity contribution in [2.75, 3.05) is 6.54 Å². The smallest absolute Gasteiger partial charge is 0.225 e. The predicted molar refractivity (Wildman–Crippen MR) is 66.1 cm³/mol. The number of nitrogens with zero attached hydrogens (tertiary/aromatic N) is 1. The fraction of sp³-hybridized carbons (Fsp3) is 0.929. The molecule has 0 aromatic carbocycles. The quantitative estimate of drug-likeness (QED) is 0.704. The summed E-state index contributed by atoms with van der Waals surface area (Å²) in [6.07, 6.45) is 8.88. The van der Waals surface area contributed by atoms with E-state index in [1.165, 1.54) is 38.5 Å². The van der Waals surface area contributed by atoms with Gasteiger partial charge in [-0.05, 0) is 38.0 Å². The van der Waals surface area contributed by atoms with Gasteiger partial charge >= 0.3 is 0 Å². The lowest BCUT2D eigenvalue weighted by atomic mass is 9.78. The van der Waals surface area contributed by atoms with Gasteiger partial charge in [0.05, 0.1) is 0 Å². The summed E-state index contributed by atoms with van der Waals surface area (Å²) in [6.45, 7) is 5.21. The summed E-state index contributed by atoms with van der Waals surface area (Å²) >= 11 is 0. The number of carbonyl (C=O) groups is 1. The Morgan fingerprint density at radius 1 is 1.25 bits per heavy atom. The van der Waals surface area contributed by atoms with Crippen molar-refractivity contribution in [1.82, 2.24) is 4.90 Å². The van der Waals surface area contributed by atoms with Crippen molar-refractivity contribution in [3.05, 3.63) is 0 Å². The Balaban J connectivity index is 2.04. The van der Waals surface area contributed by atoms with E-state index >= 15 is 0 Å². The molecular weight excluding hydrogens is 198 g/mol. The summed E-state index contributed by atoms with van der Waals surface area (Å²) < 4.78 is 0. The van der Waals surface area contributed by atoms with Crippen molar-refractivity contribution in [3.63, 3.8) is 0 Å². The molecule has 0 aromatic rings. The molecule has 1 aliphatic carbocycles. The van der Waals surface area contributed by atoms with Crippen LogP contribution in [0, 0.1) is 11.8 Å². The van der Waals surface area contributed by atoms with Gasteiger partial charge in [-0.3, -0.25) is 4.79 Å². The third-order valence-electron chi connectivity index (χ3n) is 4.56. The molecule has 2 aliphatic rings. The van der Waals surface area contributed by atoms with Crippen molar-refractivity contribution in [2.45, 2.75) is 64.8 Å². The van der Waals surface area contributed by atoms with Gasteiger partial charge in [-0.15, -0.1) is 0 Å². The van der Waals surface area contributed by atoms with Crippen LogP contribution in [-0.2, 0) is 4.79 Å². The largest absolute Gasteiger partial charge is 0.339 e. The molecule has 1 saturated heterocycles. The zero-order valence-corrected chi connectivity index (χ0v) is 10.7. The number of rotatable bonds is 2. The van der Waals surface area contributed by atoms with Crippen LogP contribution < -0.4 is 0 Å². The monoisotopic (exact) mass is 223 g/mol. The minimum atomic E-state index is 0.223. The van der Waals surface area contributed by atoms with Crippen molar-refractivity contribution < 1.29 is 4.79 Å². The topological polar surface area (TPSA) is 20.3 Å². The Bertz CT molecular complexity index is 249. The maximum absolute atomic E-state index is 12.3. The summed E-state index contributed by atoms with van der Waals surface area (Å²) in [6, 6.07) is 0.587. The molecule has 3 unspecified atom stereocenters. The van der Waals surface area contributed by atoms with Crippen LogP contribution in [0.15, 0.2) is 0 Å². The molecular formula is C14H25NO. The molecule has 0 aromatic heterocycles. The maximum atomic E-state index is 12.3. The van der Waals surface area contributed by atoms with Crippen LogP contribution in [-0.4, -0.2) is 23.4 Å². The molecule has 0 spiro atoms. The lowest BCUT2D eigenvalue weighted by Gasteiger charge is -2.45. The van der Waals surface area contributed by atoms with Gasteiger partial charge in [0.2, 0.25) is 5.91 Å². The SMILES string of the molecule is CCC(C)C(=O)N1CCCC2CCCCC21.